The van der Waals surface area contributed by atoms with Crippen molar-refractivity contribution >= 4 is 22.0 Å². The van der Waals surface area contributed by atoms with Crippen LogP contribution < -0.4 is 10.1 Å². The quantitative estimate of drug-likeness (QED) is 0.904. The Hall–Kier alpha value is -1.27. The summed E-state index contributed by atoms with van der Waals surface area (Å²) in [6, 6.07) is 8.22. The van der Waals surface area contributed by atoms with Crippen LogP contribution in [0.25, 0.3) is 0 Å². The number of amides is 2. The van der Waals surface area contributed by atoms with Gasteiger partial charge < -0.3 is 19.9 Å². The predicted octanol–water partition coefficient (Wildman–Crippen LogP) is 1.54. The Morgan fingerprint density at radius 1 is 1.45 bits per heavy atom. The summed E-state index contributed by atoms with van der Waals surface area (Å²) in [6.45, 7) is 4.56. The number of fused-ring (bicyclic) bond motifs is 1. The molecule has 5 nitrogen and oxygen atoms in total. The van der Waals surface area contributed by atoms with Crippen molar-refractivity contribution in [3.05, 3.63) is 28.7 Å². The van der Waals surface area contributed by atoms with Gasteiger partial charge in [0.05, 0.1) is 12.6 Å². The summed E-state index contributed by atoms with van der Waals surface area (Å²) in [7, 11) is 0. The second-order valence-corrected chi connectivity index (χ2v) is 6.00. The highest BCUT2D eigenvalue weighted by Crippen LogP contribution is 2.19. The second kappa shape index (κ2) is 6.01. The maximum Gasteiger partial charge on any atom is 0.320 e. The topological polar surface area (TPSA) is 44.8 Å². The van der Waals surface area contributed by atoms with Crippen molar-refractivity contribution in [3.63, 3.8) is 0 Å². The molecule has 2 heterocycles. The number of nitrogens with zero attached hydrogens (tertiary/aromatic N) is 2. The van der Waals surface area contributed by atoms with Crippen molar-refractivity contribution in [1.82, 2.24) is 15.1 Å². The zero-order valence-corrected chi connectivity index (χ0v) is 12.8. The molecule has 0 radical (unpaired) electrons. The lowest BCUT2D eigenvalue weighted by Gasteiger charge is -2.28. The molecule has 0 saturated carbocycles. The molecule has 2 fully saturated rings. The lowest BCUT2D eigenvalue weighted by Crippen LogP contribution is -2.49. The van der Waals surface area contributed by atoms with E-state index in [-0.39, 0.29) is 6.03 Å². The maximum atomic E-state index is 12.2. The van der Waals surface area contributed by atoms with Gasteiger partial charge in [-0.1, -0.05) is 22.0 Å². The SMILES string of the molecule is O=C1N(CCOc2cccc(Br)c2)CC2CNCCN12. The number of hydrogen-bond donors (Lipinski definition) is 1. The molecule has 2 aliphatic rings. The van der Waals surface area contributed by atoms with Crippen LogP contribution in [0.15, 0.2) is 28.7 Å². The van der Waals surface area contributed by atoms with Crippen molar-refractivity contribution in [1.29, 1.82) is 0 Å². The van der Waals surface area contributed by atoms with Crippen LogP contribution in [-0.2, 0) is 0 Å². The van der Waals surface area contributed by atoms with Gasteiger partial charge in [-0.15, -0.1) is 0 Å². The summed E-state index contributed by atoms with van der Waals surface area (Å²) in [5.74, 6) is 0.824. The van der Waals surface area contributed by atoms with Gasteiger partial charge in [-0.2, -0.15) is 0 Å². The van der Waals surface area contributed by atoms with E-state index in [1.165, 1.54) is 0 Å². The molecule has 20 heavy (non-hydrogen) atoms. The molecule has 0 aromatic heterocycles. The summed E-state index contributed by atoms with van der Waals surface area (Å²) < 4.78 is 6.69. The molecule has 2 aliphatic heterocycles. The lowest BCUT2D eigenvalue weighted by atomic mass is 10.2. The molecule has 2 saturated heterocycles. The lowest BCUT2D eigenvalue weighted by molar-refractivity contribution is 0.174. The Morgan fingerprint density at radius 3 is 3.15 bits per heavy atom. The van der Waals surface area contributed by atoms with E-state index in [1.807, 2.05) is 34.1 Å². The minimum absolute atomic E-state index is 0.148. The van der Waals surface area contributed by atoms with Crippen LogP contribution in [0.3, 0.4) is 0 Å². The molecule has 2 amide bonds. The largest absolute Gasteiger partial charge is 0.492 e. The number of ether oxygens (including phenoxy) is 1. The highest BCUT2D eigenvalue weighted by atomic mass is 79.9. The highest BCUT2D eigenvalue weighted by Gasteiger charge is 2.37. The van der Waals surface area contributed by atoms with E-state index >= 15 is 0 Å². The Morgan fingerprint density at radius 2 is 2.35 bits per heavy atom. The van der Waals surface area contributed by atoms with E-state index in [0.717, 1.165) is 36.4 Å². The van der Waals surface area contributed by atoms with Gasteiger partial charge >= 0.3 is 6.03 Å². The van der Waals surface area contributed by atoms with E-state index in [0.29, 0.717) is 19.2 Å². The molecule has 0 bridgehead atoms. The maximum absolute atomic E-state index is 12.2. The first-order valence-corrected chi connectivity index (χ1v) is 7.68. The fourth-order valence-corrected chi connectivity index (χ4v) is 3.09. The molecular weight excluding hydrogens is 322 g/mol. The molecule has 1 atom stereocenters. The van der Waals surface area contributed by atoms with Crippen molar-refractivity contribution in [3.8, 4) is 5.75 Å². The fourth-order valence-electron chi connectivity index (χ4n) is 2.71. The zero-order chi connectivity index (χ0) is 13.9. The van der Waals surface area contributed by atoms with Crippen LogP contribution >= 0.6 is 15.9 Å². The third-order valence-corrected chi connectivity index (χ3v) is 4.22. The van der Waals surface area contributed by atoms with Crippen LogP contribution in [0.4, 0.5) is 4.79 Å². The standard InChI is InChI=1S/C14H18BrN3O2/c15-11-2-1-3-13(8-11)20-7-6-17-10-12-9-16-4-5-18(12)14(17)19/h1-3,8,12,16H,4-7,9-10H2. The van der Waals surface area contributed by atoms with Crippen molar-refractivity contribution in [2.24, 2.45) is 0 Å². The van der Waals surface area contributed by atoms with Gasteiger partial charge in [0.15, 0.2) is 0 Å². The molecule has 6 heteroatoms. The van der Waals surface area contributed by atoms with Crippen LogP contribution in [0.2, 0.25) is 0 Å². The summed E-state index contributed by atoms with van der Waals surface area (Å²) >= 11 is 3.41. The highest BCUT2D eigenvalue weighted by molar-refractivity contribution is 9.10. The van der Waals surface area contributed by atoms with Crippen LogP contribution in [0.5, 0.6) is 5.75 Å². The van der Waals surface area contributed by atoms with E-state index in [2.05, 4.69) is 21.2 Å². The zero-order valence-electron chi connectivity index (χ0n) is 11.2. The third-order valence-electron chi connectivity index (χ3n) is 3.72. The summed E-state index contributed by atoms with van der Waals surface area (Å²) in [6.07, 6.45) is 0. The monoisotopic (exact) mass is 339 g/mol. The number of carbonyl (C=O) groups is 1. The number of piperazine rings is 1. The van der Waals surface area contributed by atoms with E-state index in [9.17, 15) is 4.79 Å². The number of benzene rings is 1. The fraction of sp³-hybridized carbons (Fsp3) is 0.500. The number of nitrogens with one attached hydrogen (secondary N) is 1. The smallest absolute Gasteiger partial charge is 0.320 e. The Bertz CT molecular complexity index is 497. The van der Waals surface area contributed by atoms with Gasteiger partial charge in [0, 0.05) is 30.7 Å². The normalized spacial score (nSPS) is 22.1. The van der Waals surface area contributed by atoms with Gasteiger partial charge in [-0.3, -0.25) is 0 Å². The minimum atomic E-state index is 0.148. The predicted molar refractivity (Wildman–Crippen MR) is 80.0 cm³/mol. The van der Waals surface area contributed by atoms with Crippen molar-refractivity contribution in [2.75, 3.05) is 39.3 Å². The van der Waals surface area contributed by atoms with E-state index in [4.69, 9.17) is 4.74 Å². The first-order chi connectivity index (χ1) is 9.74. The van der Waals surface area contributed by atoms with Crippen LogP contribution in [0.1, 0.15) is 0 Å². The molecule has 1 aromatic carbocycles. The molecule has 1 N–H and O–H groups in total. The Labute approximate surface area is 127 Å². The van der Waals surface area contributed by atoms with Gasteiger partial charge in [0.2, 0.25) is 0 Å². The average molecular weight is 340 g/mol. The minimum Gasteiger partial charge on any atom is -0.492 e. The average Bonchev–Trinajstić information content (AvgIpc) is 2.76. The summed E-state index contributed by atoms with van der Waals surface area (Å²) in [5, 5.41) is 3.33. The Balaban J connectivity index is 1.50. The molecule has 0 aliphatic carbocycles. The van der Waals surface area contributed by atoms with Gasteiger partial charge in [-0.25, -0.2) is 4.79 Å². The molecule has 0 spiro atoms. The molecule has 1 unspecified atom stereocenters. The van der Waals surface area contributed by atoms with Crippen molar-refractivity contribution < 1.29 is 9.53 Å². The number of urea groups is 1. The Kier molecular flexibility index (Phi) is 4.12. The van der Waals surface area contributed by atoms with E-state index < -0.39 is 0 Å². The summed E-state index contributed by atoms with van der Waals surface area (Å²) in [4.78, 5) is 16.0. The second-order valence-electron chi connectivity index (χ2n) is 5.09. The number of carbonyl (C=O) groups excluding carboxylic acids is 1. The molecule has 108 valence electrons. The number of rotatable bonds is 4. The number of halogens is 1. The van der Waals surface area contributed by atoms with Crippen LogP contribution in [-0.4, -0.2) is 61.2 Å². The molecule has 1 aromatic rings. The van der Waals surface area contributed by atoms with Crippen LogP contribution in [0, 0.1) is 0 Å². The van der Waals surface area contributed by atoms with E-state index in [1.54, 1.807) is 0 Å². The van der Waals surface area contributed by atoms with Gasteiger partial charge in [0.25, 0.3) is 0 Å². The summed E-state index contributed by atoms with van der Waals surface area (Å²) in [5.41, 5.74) is 0. The first kappa shape index (κ1) is 13.7. The number of hydrogen-bond acceptors (Lipinski definition) is 3. The third kappa shape index (κ3) is 2.91. The van der Waals surface area contributed by atoms with Crippen molar-refractivity contribution in [2.45, 2.75) is 6.04 Å². The molecular formula is C14H18BrN3O2. The molecule has 3 rings (SSSR count). The van der Waals surface area contributed by atoms with Gasteiger partial charge in [-0.05, 0) is 18.2 Å². The first-order valence-electron chi connectivity index (χ1n) is 6.88. The van der Waals surface area contributed by atoms with Gasteiger partial charge in [0.1, 0.15) is 12.4 Å².